The zero-order valence-electron chi connectivity index (χ0n) is 21.7. The van der Waals surface area contributed by atoms with Gasteiger partial charge in [0.05, 0.1) is 39.8 Å². The van der Waals surface area contributed by atoms with Crippen molar-refractivity contribution in [1.29, 1.82) is 0 Å². The lowest BCUT2D eigenvalue weighted by Gasteiger charge is -2.17. The molecule has 0 saturated heterocycles. The molecule has 42 heavy (non-hydrogen) atoms. The molecule has 0 bridgehead atoms. The van der Waals surface area contributed by atoms with E-state index in [4.69, 9.17) is 23.2 Å². The third-order valence-electron chi connectivity index (χ3n) is 6.44. The summed E-state index contributed by atoms with van der Waals surface area (Å²) in [5.41, 5.74) is 0.111. The van der Waals surface area contributed by atoms with Crippen LogP contribution in [0.4, 0.5) is 17.6 Å². The molecule has 0 amide bonds. The molecule has 5 rings (SSSR count). The number of aliphatic hydroxyl groups excluding tert-OH is 1. The molecule has 3 aromatic carbocycles. The molecule has 0 saturated carbocycles. The average Bonchev–Trinajstić information content (AvgIpc) is 3.54. The van der Waals surface area contributed by atoms with Crippen LogP contribution >= 0.6 is 23.2 Å². The molecule has 0 unspecified atom stereocenters. The van der Waals surface area contributed by atoms with Crippen molar-refractivity contribution < 1.29 is 31.1 Å². The third-order valence-corrected chi connectivity index (χ3v) is 8.15. The Morgan fingerprint density at radius 2 is 1.74 bits per heavy atom. The van der Waals surface area contributed by atoms with Crippen LogP contribution in [-0.4, -0.2) is 44.3 Å². The largest absolute Gasteiger partial charge is 0.434 e. The molecule has 1 N–H and O–H groups in total. The van der Waals surface area contributed by atoms with E-state index in [-0.39, 0.29) is 33.3 Å². The maximum Gasteiger partial charge on any atom is 0.434 e. The average molecular weight is 640 g/mol. The first-order valence-electron chi connectivity index (χ1n) is 12.0. The second kappa shape index (κ2) is 10.8. The Bertz CT molecular complexity index is 1960. The monoisotopic (exact) mass is 639 g/mol. The zero-order valence-corrected chi connectivity index (χ0v) is 24.0. The van der Waals surface area contributed by atoms with E-state index in [0.29, 0.717) is 21.8 Å². The summed E-state index contributed by atoms with van der Waals surface area (Å²) >= 11 is 12.5. The fourth-order valence-corrected chi connectivity index (χ4v) is 5.94. The Morgan fingerprint density at radius 3 is 2.36 bits per heavy atom. The van der Waals surface area contributed by atoms with Crippen LogP contribution in [0.5, 0.6) is 0 Å². The molecule has 0 aliphatic rings. The molecule has 0 fully saturated rings. The Balaban J connectivity index is 1.79. The molecule has 0 radical (unpaired) electrons. The van der Waals surface area contributed by atoms with Gasteiger partial charge in [0.1, 0.15) is 11.6 Å². The summed E-state index contributed by atoms with van der Waals surface area (Å²) in [5, 5.41) is 18.3. The van der Waals surface area contributed by atoms with E-state index in [0.717, 1.165) is 18.5 Å². The van der Waals surface area contributed by atoms with E-state index in [1.54, 1.807) is 12.1 Å². The first-order valence-corrected chi connectivity index (χ1v) is 14.6. The predicted octanol–water partition coefficient (Wildman–Crippen LogP) is 6.46. The van der Waals surface area contributed by atoms with Gasteiger partial charge in [-0.1, -0.05) is 34.5 Å². The van der Waals surface area contributed by atoms with Gasteiger partial charge in [-0.15, -0.1) is 5.10 Å². The highest BCUT2D eigenvalue weighted by Gasteiger charge is 2.35. The number of aliphatic hydroxyl groups is 1. The number of aromatic nitrogens is 5. The number of sulfone groups is 1. The zero-order chi connectivity index (χ0) is 30.6. The number of hydrogen-bond acceptors (Lipinski definition) is 6. The minimum absolute atomic E-state index is 0.0141. The normalized spacial score (nSPS) is 12.2. The molecular formula is C27H19Cl2F4N5O3S. The SMILES string of the molecule is Cc1nc(C(F)(F)F)cn1-c1ccc(-c2cc(F)c(CO)c(S(C)(=O)=O)c2)cc1-n1nncc1-c1ccc(Cl)cc1Cl. The van der Waals surface area contributed by atoms with Crippen LogP contribution < -0.4 is 0 Å². The molecule has 218 valence electrons. The van der Waals surface area contributed by atoms with Gasteiger partial charge < -0.3 is 9.67 Å². The van der Waals surface area contributed by atoms with E-state index in [2.05, 4.69) is 15.3 Å². The molecule has 0 aliphatic heterocycles. The van der Waals surface area contributed by atoms with Crippen molar-refractivity contribution >= 4 is 33.0 Å². The quantitative estimate of drug-likeness (QED) is 0.214. The summed E-state index contributed by atoms with van der Waals surface area (Å²) in [5.74, 6) is -0.934. The number of nitrogens with zero attached hydrogens (tertiary/aromatic N) is 5. The lowest BCUT2D eigenvalue weighted by Crippen LogP contribution is -2.08. The van der Waals surface area contributed by atoms with E-state index < -0.39 is 39.0 Å². The fourth-order valence-electron chi connectivity index (χ4n) is 4.49. The summed E-state index contributed by atoms with van der Waals surface area (Å²) in [7, 11) is -3.94. The molecular weight excluding hydrogens is 621 g/mol. The van der Waals surface area contributed by atoms with Gasteiger partial charge in [0.2, 0.25) is 0 Å². The number of hydrogen-bond donors (Lipinski definition) is 1. The van der Waals surface area contributed by atoms with Crippen LogP contribution in [0.1, 0.15) is 17.1 Å². The van der Waals surface area contributed by atoms with Crippen molar-refractivity contribution in [2.24, 2.45) is 0 Å². The summed E-state index contributed by atoms with van der Waals surface area (Å²) < 4.78 is 82.9. The number of rotatable bonds is 6. The highest BCUT2D eigenvalue weighted by molar-refractivity contribution is 7.90. The summed E-state index contributed by atoms with van der Waals surface area (Å²) in [6.45, 7) is 0.553. The van der Waals surface area contributed by atoms with Crippen molar-refractivity contribution in [1.82, 2.24) is 24.5 Å². The first kappa shape index (κ1) is 29.7. The number of imidazole rings is 1. The van der Waals surface area contributed by atoms with E-state index in [9.17, 15) is 31.1 Å². The smallest absolute Gasteiger partial charge is 0.392 e. The van der Waals surface area contributed by atoms with Crippen LogP contribution in [0, 0.1) is 12.7 Å². The van der Waals surface area contributed by atoms with E-state index in [1.807, 2.05) is 0 Å². The van der Waals surface area contributed by atoms with Crippen molar-refractivity contribution in [2.75, 3.05) is 6.26 Å². The summed E-state index contributed by atoms with van der Waals surface area (Å²) in [4.78, 5) is 3.25. The van der Waals surface area contributed by atoms with Gasteiger partial charge in [0, 0.05) is 28.6 Å². The van der Waals surface area contributed by atoms with Gasteiger partial charge in [-0.25, -0.2) is 22.5 Å². The summed E-state index contributed by atoms with van der Waals surface area (Å²) in [6.07, 6.45) is -1.60. The fraction of sp³-hybridized carbons (Fsp3) is 0.148. The summed E-state index contributed by atoms with van der Waals surface area (Å²) in [6, 6.07) is 11.4. The van der Waals surface area contributed by atoms with Crippen molar-refractivity contribution in [3.8, 4) is 33.8 Å². The van der Waals surface area contributed by atoms with Gasteiger partial charge in [-0.2, -0.15) is 13.2 Å². The van der Waals surface area contributed by atoms with Gasteiger partial charge in [0.15, 0.2) is 15.5 Å². The molecule has 15 heteroatoms. The van der Waals surface area contributed by atoms with Gasteiger partial charge in [-0.05, 0) is 60.5 Å². The van der Waals surface area contributed by atoms with Crippen LogP contribution in [0.3, 0.4) is 0 Å². The number of aryl methyl sites for hydroxylation is 1. The van der Waals surface area contributed by atoms with Crippen molar-refractivity contribution in [3.05, 3.63) is 93.9 Å². The number of halogens is 6. The van der Waals surface area contributed by atoms with Crippen LogP contribution in [0.15, 0.2) is 65.8 Å². The minimum Gasteiger partial charge on any atom is -0.392 e. The maximum absolute atomic E-state index is 15.0. The third kappa shape index (κ3) is 5.52. The molecule has 2 heterocycles. The minimum atomic E-state index is -4.71. The molecule has 5 aromatic rings. The molecule has 2 aromatic heterocycles. The highest BCUT2D eigenvalue weighted by atomic mass is 35.5. The molecule has 8 nitrogen and oxygen atoms in total. The van der Waals surface area contributed by atoms with Gasteiger partial charge in [-0.3, -0.25) is 0 Å². The van der Waals surface area contributed by atoms with Crippen LogP contribution in [0.25, 0.3) is 33.8 Å². The topological polar surface area (TPSA) is 103 Å². The van der Waals surface area contributed by atoms with E-state index >= 15 is 0 Å². The van der Waals surface area contributed by atoms with Crippen LogP contribution in [0.2, 0.25) is 10.0 Å². The predicted molar refractivity (Wildman–Crippen MR) is 148 cm³/mol. The Labute approximate surface area is 246 Å². The Hall–Kier alpha value is -3.78. The molecule has 0 spiro atoms. The Kier molecular flexibility index (Phi) is 7.64. The Morgan fingerprint density at radius 1 is 1.00 bits per heavy atom. The molecule has 0 atom stereocenters. The highest BCUT2D eigenvalue weighted by Crippen LogP contribution is 2.37. The first-order chi connectivity index (χ1) is 19.7. The second-order valence-electron chi connectivity index (χ2n) is 9.26. The van der Waals surface area contributed by atoms with Crippen molar-refractivity contribution in [3.63, 3.8) is 0 Å². The van der Waals surface area contributed by atoms with Crippen LogP contribution in [-0.2, 0) is 22.6 Å². The molecule has 0 aliphatic carbocycles. The van der Waals surface area contributed by atoms with Crippen molar-refractivity contribution in [2.45, 2.75) is 24.6 Å². The second-order valence-corrected chi connectivity index (χ2v) is 12.1. The lowest BCUT2D eigenvalue weighted by molar-refractivity contribution is -0.141. The van der Waals surface area contributed by atoms with Gasteiger partial charge >= 0.3 is 6.18 Å². The lowest BCUT2D eigenvalue weighted by atomic mass is 10.0. The van der Waals surface area contributed by atoms with E-state index in [1.165, 1.54) is 52.7 Å². The standard InChI is InChI=1S/C27H19Cl2F4N5O3S/c1-14-35-26(27(31,32)33)12-37(14)22-6-3-15(16-7-21(30)19(13-39)25(9-16)42(2,40)41)8-23(22)38-24(11-34-36-38)18-5-4-17(28)10-20(18)29/h3-12,39H,13H2,1-2H3. The number of benzene rings is 3. The van der Waals surface area contributed by atoms with Gasteiger partial charge in [0.25, 0.3) is 0 Å². The maximum atomic E-state index is 15.0. The number of alkyl halides is 3.